The lowest BCUT2D eigenvalue weighted by molar-refractivity contribution is 1.38. The summed E-state index contributed by atoms with van der Waals surface area (Å²) in [5.41, 5.74) is 1.22. The fraction of sp³-hybridized carbons (Fsp3) is 0.250. The average Bonchev–Trinajstić information content (AvgIpc) is 2.19. The van der Waals surface area contributed by atoms with E-state index in [2.05, 4.69) is 24.3 Å². The van der Waals surface area contributed by atoms with Gasteiger partial charge in [-0.2, -0.15) is 0 Å². The van der Waals surface area contributed by atoms with Crippen LogP contribution in [0.4, 0.5) is 0 Å². The summed E-state index contributed by atoms with van der Waals surface area (Å²) >= 11 is 0. The largest absolute Gasteiger partial charge is 0.0871 e. The van der Waals surface area contributed by atoms with Crippen LogP contribution < -0.4 is 0 Å². The molecule has 0 heteroatoms. The van der Waals surface area contributed by atoms with Gasteiger partial charge >= 0.3 is 0 Å². The Hall–Kier alpha value is -0.780. The van der Waals surface area contributed by atoms with Crippen molar-refractivity contribution in [3.63, 3.8) is 0 Å². The third kappa shape index (κ3) is 1.09. The second kappa shape index (κ2) is 2.51. The van der Waals surface area contributed by atoms with Gasteiger partial charge in [0.1, 0.15) is 0 Å². The molecule has 0 heterocycles. The van der Waals surface area contributed by atoms with Crippen LogP contribution in [0.2, 0.25) is 0 Å². The molecule has 0 saturated carbocycles. The van der Waals surface area contributed by atoms with E-state index in [1.807, 2.05) is 13.0 Å². The summed E-state index contributed by atoms with van der Waals surface area (Å²) < 4.78 is 0. The molecule has 0 nitrogen and oxygen atoms in total. The minimum atomic E-state index is 0.986. The Labute approximate surface area is 50.2 Å². The Balaban J connectivity index is 2.58. The van der Waals surface area contributed by atoms with Crippen LogP contribution in [0.3, 0.4) is 0 Å². The van der Waals surface area contributed by atoms with Gasteiger partial charge in [-0.1, -0.05) is 24.3 Å². The lowest BCUT2D eigenvalue weighted by atomic mass is 10.3. The first-order valence-electron chi connectivity index (χ1n) is 2.83. The van der Waals surface area contributed by atoms with E-state index in [9.17, 15) is 0 Å². The molecular weight excluding hydrogens is 96.1 g/mol. The van der Waals surface area contributed by atoms with E-state index in [0.717, 1.165) is 6.42 Å². The standard InChI is InChI=1S/C8H9/c1-2-5-8-6-3-4-7-8/h2-3,5-6H,4H2,1H3/b5-2-. The quantitative estimate of drug-likeness (QED) is 0.479. The molecule has 0 spiro atoms. The molecule has 0 bridgehead atoms. The van der Waals surface area contributed by atoms with E-state index in [1.54, 1.807) is 0 Å². The van der Waals surface area contributed by atoms with Gasteiger partial charge in [0.25, 0.3) is 0 Å². The SMILES string of the molecule is C/C=C\C1=[C]CC=C1. The maximum Gasteiger partial charge on any atom is -0.00851 e. The fourth-order valence-electron chi connectivity index (χ4n) is 0.716. The van der Waals surface area contributed by atoms with Gasteiger partial charge in [-0.05, 0) is 25.0 Å². The highest BCUT2D eigenvalue weighted by Crippen LogP contribution is 2.07. The highest BCUT2D eigenvalue weighted by atomic mass is 13.9. The molecule has 0 N–H and O–H groups in total. The van der Waals surface area contributed by atoms with Crippen LogP contribution in [0.25, 0.3) is 0 Å². The summed E-state index contributed by atoms with van der Waals surface area (Å²) in [7, 11) is 0. The Morgan fingerprint density at radius 3 is 3.12 bits per heavy atom. The second-order valence-corrected chi connectivity index (χ2v) is 1.74. The molecule has 0 saturated heterocycles. The maximum atomic E-state index is 3.18. The van der Waals surface area contributed by atoms with Crippen molar-refractivity contribution in [1.82, 2.24) is 0 Å². The molecule has 0 fully saturated rings. The zero-order valence-electron chi connectivity index (χ0n) is 5.02. The van der Waals surface area contributed by atoms with Gasteiger partial charge in [0.05, 0.1) is 0 Å². The lowest BCUT2D eigenvalue weighted by Gasteiger charge is -1.79. The minimum absolute atomic E-state index is 0.986. The molecule has 1 radical (unpaired) electrons. The van der Waals surface area contributed by atoms with E-state index in [-0.39, 0.29) is 0 Å². The Morgan fingerprint density at radius 2 is 2.62 bits per heavy atom. The number of hydrogen-bond donors (Lipinski definition) is 0. The molecule has 1 aliphatic rings. The molecule has 0 atom stereocenters. The maximum absolute atomic E-state index is 3.18. The summed E-state index contributed by atoms with van der Waals surface area (Å²) in [6.45, 7) is 2.01. The molecule has 0 aromatic heterocycles. The van der Waals surface area contributed by atoms with Crippen LogP contribution in [0.5, 0.6) is 0 Å². The van der Waals surface area contributed by atoms with Crippen molar-refractivity contribution < 1.29 is 0 Å². The number of allylic oxidation sites excluding steroid dienone is 6. The van der Waals surface area contributed by atoms with Gasteiger partial charge in [0.2, 0.25) is 0 Å². The molecule has 0 unspecified atom stereocenters. The van der Waals surface area contributed by atoms with Crippen LogP contribution in [0.1, 0.15) is 13.3 Å². The molecule has 0 aliphatic heterocycles. The summed E-state index contributed by atoms with van der Waals surface area (Å²) in [5, 5.41) is 0. The van der Waals surface area contributed by atoms with E-state index in [1.165, 1.54) is 5.57 Å². The van der Waals surface area contributed by atoms with Gasteiger partial charge in [0.15, 0.2) is 0 Å². The Morgan fingerprint density at radius 1 is 1.75 bits per heavy atom. The zero-order valence-corrected chi connectivity index (χ0v) is 5.02. The van der Waals surface area contributed by atoms with Gasteiger partial charge in [0, 0.05) is 0 Å². The molecule has 8 heavy (non-hydrogen) atoms. The van der Waals surface area contributed by atoms with Crippen molar-refractivity contribution >= 4 is 0 Å². The number of hydrogen-bond acceptors (Lipinski definition) is 0. The van der Waals surface area contributed by atoms with Gasteiger partial charge < -0.3 is 0 Å². The van der Waals surface area contributed by atoms with Crippen LogP contribution in [-0.4, -0.2) is 0 Å². The summed E-state index contributed by atoms with van der Waals surface area (Å²) in [4.78, 5) is 0. The highest BCUT2D eigenvalue weighted by Gasteiger charge is 1.89. The topological polar surface area (TPSA) is 0 Å². The van der Waals surface area contributed by atoms with Crippen molar-refractivity contribution in [2.75, 3.05) is 0 Å². The normalized spacial score (nSPS) is 17.9. The minimum Gasteiger partial charge on any atom is -0.0871 e. The van der Waals surface area contributed by atoms with Crippen molar-refractivity contribution in [2.24, 2.45) is 0 Å². The van der Waals surface area contributed by atoms with Crippen molar-refractivity contribution in [1.29, 1.82) is 0 Å². The molecule has 0 aromatic rings. The predicted molar refractivity (Wildman–Crippen MR) is 35.3 cm³/mol. The monoisotopic (exact) mass is 105 g/mol. The third-order valence-corrected chi connectivity index (χ3v) is 1.07. The Kier molecular flexibility index (Phi) is 1.68. The van der Waals surface area contributed by atoms with E-state index in [0.29, 0.717) is 0 Å². The number of rotatable bonds is 1. The molecule has 0 aromatic carbocycles. The first-order chi connectivity index (χ1) is 3.93. The second-order valence-electron chi connectivity index (χ2n) is 1.74. The molecule has 1 rings (SSSR count). The third-order valence-electron chi connectivity index (χ3n) is 1.07. The van der Waals surface area contributed by atoms with E-state index in [4.69, 9.17) is 0 Å². The van der Waals surface area contributed by atoms with Crippen LogP contribution >= 0.6 is 0 Å². The van der Waals surface area contributed by atoms with Gasteiger partial charge in [-0.3, -0.25) is 0 Å². The molecule has 1 aliphatic carbocycles. The Bertz CT molecular complexity index is 147. The summed E-state index contributed by atoms with van der Waals surface area (Å²) in [6.07, 6.45) is 12.4. The summed E-state index contributed by atoms with van der Waals surface area (Å²) in [5.74, 6) is 0. The molecular formula is C8H9. The van der Waals surface area contributed by atoms with Crippen LogP contribution in [0.15, 0.2) is 29.9 Å². The predicted octanol–water partition coefficient (Wildman–Crippen LogP) is 2.25. The molecule has 0 amide bonds. The zero-order chi connectivity index (χ0) is 5.82. The lowest BCUT2D eigenvalue weighted by Crippen LogP contribution is -1.61. The van der Waals surface area contributed by atoms with Crippen LogP contribution in [0, 0.1) is 6.08 Å². The fourth-order valence-corrected chi connectivity index (χ4v) is 0.716. The van der Waals surface area contributed by atoms with Gasteiger partial charge in [-0.25, -0.2) is 0 Å². The first kappa shape index (κ1) is 5.36. The van der Waals surface area contributed by atoms with Crippen molar-refractivity contribution in [3.05, 3.63) is 36.0 Å². The van der Waals surface area contributed by atoms with E-state index >= 15 is 0 Å². The van der Waals surface area contributed by atoms with E-state index < -0.39 is 0 Å². The first-order valence-corrected chi connectivity index (χ1v) is 2.83. The summed E-state index contributed by atoms with van der Waals surface area (Å²) in [6, 6.07) is 0. The van der Waals surface area contributed by atoms with Crippen molar-refractivity contribution in [2.45, 2.75) is 13.3 Å². The molecule has 41 valence electrons. The van der Waals surface area contributed by atoms with Crippen LogP contribution in [-0.2, 0) is 0 Å². The highest BCUT2D eigenvalue weighted by molar-refractivity contribution is 5.32. The average molecular weight is 105 g/mol. The van der Waals surface area contributed by atoms with Gasteiger partial charge in [-0.15, -0.1) is 0 Å². The smallest absolute Gasteiger partial charge is 0.00851 e. The van der Waals surface area contributed by atoms with Crippen molar-refractivity contribution in [3.8, 4) is 0 Å².